The van der Waals surface area contributed by atoms with Gasteiger partial charge in [0.1, 0.15) is 5.54 Å². The molecule has 0 radical (unpaired) electrons. The van der Waals surface area contributed by atoms with Crippen LogP contribution in [0.1, 0.15) is 20.8 Å². The molecule has 0 saturated carbocycles. The van der Waals surface area contributed by atoms with E-state index in [1.54, 1.807) is 13.8 Å². The second kappa shape index (κ2) is 4.51. The molecule has 1 heterocycles. The molecule has 0 aromatic heterocycles. The molecule has 0 unspecified atom stereocenters. The molecule has 1 rings (SSSR count). The quantitative estimate of drug-likeness (QED) is 0.626. The van der Waals surface area contributed by atoms with Crippen molar-refractivity contribution >= 4 is 17.7 Å². The maximum atomic E-state index is 11.8. The number of carbonyl (C=O) groups is 3. The van der Waals surface area contributed by atoms with Gasteiger partial charge in [-0.05, 0) is 13.8 Å². The van der Waals surface area contributed by atoms with E-state index >= 15 is 0 Å². The fourth-order valence-electron chi connectivity index (χ4n) is 1.63. The van der Waals surface area contributed by atoms with Gasteiger partial charge in [0.2, 0.25) is 17.7 Å². The maximum absolute atomic E-state index is 11.8. The van der Waals surface area contributed by atoms with Gasteiger partial charge >= 0.3 is 0 Å². The number of hydrogen-bond acceptors (Lipinski definition) is 3. The minimum absolute atomic E-state index is 0.0634. The second-order valence-corrected chi connectivity index (χ2v) is 4.27. The van der Waals surface area contributed by atoms with Crippen molar-refractivity contribution in [3.05, 3.63) is 0 Å². The lowest BCUT2D eigenvalue weighted by molar-refractivity contribution is -0.148. The molecule has 1 saturated heterocycles. The van der Waals surface area contributed by atoms with Gasteiger partial charge in [0.25, 0.3) is 0 Å². The monoisotopic (exact) mass is 227 g/mol. The first-order chi connectivity index (χ1) is 7.35. The van der Waals surface area contributed by atoms with Crippen LogP contribution in [0.5, 0.6) is 0 Å². The van der Waals surface area contributed by atoms with Crippen LogP contribution in [0.3, 0.4) is 0 Å². The van der Waals surface area contributed by atoms with Crippen LogP contribution < -0.4 is 10.6 Å². The Morgan fingerprint density at radius 3 is 2.69 bits per heavy atom. The van der Waals surface area contributed by atoms with E-state index in [9.17, 15) is 14.4 Å². The van der Waals surface area contributed by atoms with Gasteiger partial charge in [-0.15, -0.1) is 0 Å². The van der Waals surface area contributed by atoms with Crippen molar-refractivity contribution in [3.8, 4) is 0 Å². The smallest absolute Gasteiger partial charge is 0.245 e. The number of amides is 3. The van der Waals surface area contributed by atoms with Gasteiger partial charge in [-0.2, -0.15) is 0 Å². The van der Waals surface area contributed by atoms with Gasteiger partial charge in [-0.3, -0.25) is 14.4 Å². The van der Waals surface area contributed by atoms with Crippen molar-refractivity contribution in [2.45, 2.75) is 26.3 Å². The van der Waals surface area contributed by atoms with Crippen LogP contribution in [0, 0.1) is 0 Å². The highest BCUT2D eigenvalue weighted by Crippen LogP contribution is 2.17. The van der Waals surface area contributed by atoms with E-state index in [1.807, 2.05) is 0 Å². The van der Waals surface area contributed by atoms with E-state index in [1.165, 1.54) is 11.8 Å². The summed E-state index contributed by atoms with van der Waals surface area (Å²) in [4.78, 5) is 35.6. The summed E-state index contributed by atoms with van der Waals surface area (Å²) >= 11 is 0. The third-order valence-corrected chi connectivity index (χ3v) is 2.64. The van der Waals surface area contributed by atoms with Crippen LogP contribution in [0.2, 0.25) is 0 Å². The van der Waals surface area contributed by atoms with Crippen molar-refractivity contribution in [3.63, 3.8) is 0 Å². The highest BCUT2D eigenvalue weighted by atomic mass is 16.2. The number of nitrogens with zero attached hydrogens (tertiary/aromatic N) is 1. The zero-order valence-corrected chi connectivity index (χ0v) is 9.79. The van der Waals surface area contributed by atoms with Gasteiger partial charge in [-0.25, -0.2) is 0 Å². The Labute approximate surface area is 94.4 Å². The van der Waals surface area contributed by atoms with Crippen LogP contribution in [-0.2, 0) is 14.4 Å². The predicted molar refractivity (Wildman–Crippen MR) is 57.5 cm³/mol. The molecule has 6 heteroatoms. The van der Waals surface area contributed by atoms with E-state index in [2.05, 4.69) is 10.6 Å². The van der Waals surface area contributed by atoms with Crippen molar-refractivity contribution < 1.29 is 14.4 Å². The lowest BCUT2D eigenvalue weighted by atomic mass is 9.99. The molecule has 1 aliphatic heterocycles. The Morgan fingerprint density at radius 1 is 1.50 bits per heavy atom. The number of piperazine rings is 1. The Bertz CT molecular complexity index is 325. The Hall–Kier alpha value is -1.59. The minimum atomic E-state index is -0.853. The Kier molecular flexibility index (Phi) is 3.51. The van der Waals surface area contributed by atoms with Crippen molar-refractivity contribution in [1.29, 1.82) is 0 Å². The normalized spacial score (nSPS) is 18.9. The summed E-state index contributed by atoms with van der Waals surface area (Å²) < 4.78 is 0. The summed E-state index contributed by atoms with van der Waals surface area (Å²) in [6.45, 7) is 5.58. The molecule has 0 aromatic carbocycles. The van der Waals surface area contributed by atoms with Crippen LogP contribution in [0.15, 0.2) is 0 Å². The molecule has 16 heavy (non-hydrogen) atoms. The zero-order chi connectivity index (χ0) is 12.3. The fraction of sp³-hybridized carbons (Fsp3) is 0.700. The first-order valence-electron chi connectivity index (χ1n) is 5.19. The summed E-state index contributed by atoms with van der Waals surface area (Å²) in [6, 6.07) is 0. The average molecular weight is 227 g/mol. The molecule has 90 valence electrons. The summed E-state index contributed by atoms with van der Waals surface area (Å²) in [5.74, 6) is -0.669. The molecule has 1 aliphatic rings. The Morgan fingerprint density at radius 2 is 2.12 bits per heavy atom. The zero-order valence-electron chi connectivity index (χ0n) is 9.79. The lowest BCUT2D eigenvalue weighted by Crippen LogP contribution is -2.64. The molecule has 3 amide bonds. The van der Waals surface area contributed by atoms with E-state index in [4.69, 9.17) is 0 Å². The minimum Gasteiger partial charge on any atom is -0.352 e. The van der Waals surface area contributed by atoms with E-state index in [-0.39, 0.29) is 24.3 Å². The number of carbonyl (C=O) groups excluding carboxylic acids is 3. The van der Waals surface area contributed by atoms with E-state index in [0.29, 0.717) is 13.1 Å². The fourth-order valence-corrected chi connectivity index (χ4v) is 1.63. The number of nitrogens with one attached hydrogen (secondary N) is 2. The number of rotatable bonds is 2. The van der Waals surface area contributed by atoms with E-state index in [0.717, 1.165) is 0 Å². The second-order valence-electron chi connectivity index (χ2n) is 4.27. The summed E-state index contributed by atoms with van der Waals surface area (Å²) in [5.41, 5.74) is -0.853. The third-order valence-electron chi connectivity index (χ3n) is 2.64. The number of hydrogen-bond donors (Lipinski definition) is 2. The summed E-state index contributed by atoms with van der Waals surface area (Å²) in [5, 5.41) is 5.14. The van der Waals surface area contributed by atoms with Crippen molar-refractivity contribution in [1.82, 2.24) is 15.5 Å². The lowest BCUT2D eigenvalue weighted by Gasteiger charge is -2.41. The first-order valence-corrected chi connectivity index (χ1v) is 5.19. The standard InChI is InChI=1S/C10H17N3O3/c1-7(14)12-6-8(15)13-5-4-11-9(16)10(13,2)3/h4-6H2,1-3H3,(H,11,16)(H,12,14). The van der Waals surface area contributed by atoms with Gasteiger partial charge in [0, 0.05) is 20.0 Å². The predicted octanol–water partition coefficient (Wildman–Crippen LogP) is -1.14. The molecule has 0 bridgehead atoms. The first kappa shape index (κ1) is 12.5. The van der Waals surface area contributed by atoms with E-state index < -0.39 is 5.54 Å². The van der Waals surface area contributed by atoms with Crippen LogP contribution in [-0.4, -0.2) is 47.8 Å². The van der Waals surface area contributed by atoms with Gasteiger partial charge in [0.15, 0.2) is 0 Å². The van der Waals surface area contributed by atoms with Crippen molar-refractivity contribution in [2.24, 2.45) is 0 Å². The van der Waals surface area contributed by atoms with Gasteiger partial charge < -0.3 is 15.5 Å². The molecule has 2 N–H and O–H groups in total. The van der Waals surface area contributed by atoms with Crippen molar-refractivity contribution in [2.75, 3.05) is 19.6 Å². The third kappa shape index (κ3) is 2.50. The summed E-state index contributed by atoms with van der Waals surface area (Å²) in [6.07, 6.45) is 0. The molecule has 0 atom stereocenters. The highest BCUT2D eigenvalue weighted by molar-refractivity contribution is 5.93. The molecule has 0 aliphatic carbocycles. The molecular formula is C10H17N3O3. The van der Waals surface area contributed by atoms with Gasteiger partial charge in [-0.1, -0.05) is 0 Å². The van der Waals surface area contributed by atoms with Gasteiger partial charge in [0.05, 0.1) is 6.54 Å². The largest absolute Gasteiger partial charge is 0.352 e. The van der Waals surface area contributed by atoms with Crippen LogP contribution >= 0.6 is 0 Å². The topological polar surface area (TPSA) is 78.5 Å². The maximum Gasteiger partial charge on any atom is 0.245 e. The molecule has 0 spiro atoms. The van der Waals surface area contributed by atoms with Crippen LogP contribution in [0.25, 0.3) is 0 Å². The average Bonchev–Trinajstić information content (AvgIpc) is 2.18. The summed E-state index contributed by atoms with van der Waals surface area (Å²) in [7, 11) is 0. The van der Waals surface area contributed by atoms with Crippen LogP contribution in [0.4, 0.5) is 0 Å². The molecule has 1 fully saturated rings. The molecule has 0 aromatic rings. The molecule has 6 nitrogen and oxygen atoms in total. The highest BCUT2D eigenvalue weighted by Gasteiger charge is 2.40. The molecular weight excluding hydrogens is 210 g/mol. The SMILES string of the molecule is CC(=O)NCC(=O)N1CCNC(=O)C1(C)C. The Balaban J connectivity index is 2.67.